The molecular formula is C43H85N7O5. The molecule has 12 nitrogen and oxygen atoms in total. The number of rotatable bonds is 34. The highest BCUT2D eigenvalue weighted by Crippen LogP contribution is 2.37. The number of likely N-dealkylation sites (N-methyl/N-ethyl adjacent to an activating group) is 4. The first-order valence-electron chi connectivity index (χ1n) is 21.2. The lowest BCUT2D eigenvalue weighted by Crippen LogP contribution is -2.43. The lowest BCUT2D eigenvalue weighted by atomic mass is 9.70. The van der Waals surface area contributed by atoms with E-state index in [0.29, 0.717) is 32.7 Å². The van der Waals surface area contributed by atoms with Crippen molar-refractivity contribution < 1.29 is 24.0 Å². The van der Waals surface area contributed by atoms with Gasteiger partial charge in [0.1, 0.15) is 17.3 Å². The van der Waals surface area contributed by atoms with Crippen LogP contribution in [0.1, 0.15) is 113 Å². The largest absolute Gasteiger partial charge is 0.355 e. The number of ketones is 3. The molecule has 0 heterocycles. The van der Waals surface area contributed by atoms with E-state index in [4.69, 9.17) is 0 Å². The molecule has 0 radical (unpaired) electrons. The highest BCUT2D eigenvalue weighted by molar-refractivity contribution is 5.93. The predicted octanol–water partition coefficient (Wildman–Crippen LogP) is 4.36. The zero-order chi connectivity index (χ0) is 42.2. The lowest BCUT2D eigenvalue weighted by molar-refractivity contribution is -0.139. The van der Waals surface area contributed by atoms with Crippen molar-refractivity contribution in [2.75, 3.05) is 108 Å². The number of nitrogens with one attached hydrogen (secondary N) is 3. The summed E-state index contributed by atoms with van der Waals surface area (Å²) in [6, 6.07) is 0. The predicted molar refractivity (Wildman–Crippen MR) is 227 cm³/mol. The Labute approximate surface area is 337 Å². The van der Waals surface area contributed by atoms with Gasteiger partial charge in [-0.25, -0.2) is 0 Å². The highest BCUT2D eigenvalue weighted by atomic mass is 16.2. The maximum atomic E-state index is 14.3. The Morgan fingerprint density at radius 1 is 0.582 bits per heavy atom. The zero-order valence-electron chi connectivity index (χ0n) is 37.7. The number of amides is 2. The van der Waals surface area contributed by atoms with Gasteiger partial charge in [0.25, 0.3) is 0 Å². The van der Waals surface area contributed by atoms with Crippen molar-refractivity contribution in [3.8, 4) is 0 Å². The van der Waals surface area contributed by atoms with Crippen LogP contribution >= 0.6 is 0 Å². The van der Waals surface area contributed by atoms with Gasteiger partial charge in [-0.3, -0.25) is 24.0 Å². The third-order valence-corrected chi connectivity index (χ3v) is 10.9. The fourth-order valence-electron chi connectivity index (χ4n) is 6.85. The molecule has 3 atom stereocenters. The van der Waals surface area contributed by atoms with Crippen molar-refractivity contribution >= 4 is 29.2 Å². The van der Waals surface area contributed by atoms with Crippen molar-refractivity contribution in [2.45, 2.75) is 113 Å². The number of hydrogen-bond donors (Lipinski definition) is 3. The monoisotopic (exact) mass is 780 g/mol. The molecule has 0 aliphatic rings. The molecule has 0 bridgehead atoms. The molecule has 0 saturated carbocycles. The fraction of sp³-hybridized carbons (Fsp3) is 0.884. The van der Waals surface area contributed by atoms with Gasteiger partial charge in [-0.05, 0) is 80.9 Å². The molecular weight excluding hydrogens is 695 g/mol. The molecule has 0 aliphatic heterocycles. The molecule has 0 aromatic rings. The fourth-order valence-corrected chi connectivity index (χ4v) is 6.85. The van der Waals surface area contributed by atoms with E-state index < -0.39 is 22.7 Å². The summed E-state index contributed by atoms with van der Waals surface area (Å²) in [5.74, 6) is -1.98. The molecule has 0 rings (SSSR count). The molecule has 12 heteroatoms. The first-order valence-corrected chi connectivity index (χ1v) is 21.2. The van der Waals surface area contributed by atoms with Gasteiger partial charge in [-0.15, -0.1) is 0 Å². The third-order valence-electron chi connectivity index (χ3n) is 10.9. The molecule has 0 aromatic carbocycles. The second-order valence-corrected chi connectivity index (χ2v) is 17.9. The van der Waals surface area contributed by atoms with E-state index in [0.717, 1.165) is 64.7 Å². The average Bonchev–Trinajstić information content (AvgIpc) is 3.10. The summed E-state index contributed by atoms with van der Waals surface area (Å²) in [4.78, 5) is 77.4. The van der Waals surface area contributed by atoms with Gasteiger partial charge in [0.05, 0.1) is 6.54 Å². The van der Waals surface area contributed by atoms with Crippen molar-refractivity contribution in [1.29, 1.82) is 0 Å². The molecule has 0 aromatic heterocycles. The van der Waals surface area contributed by atoms with Crippen LogP contribution in [-0.4, -0.2) is 156 Å². The van der Waals surface area contributed by atoms with Gasteiger partial charge in [0, 0.05) is 93.8 Å². The Morgan fingerprint density at radius 3 is 1.62 bits per heavy atom. The number of carbonyl (C=O) groups excluding carboxylic acids is 5. The van der Waals surface area contributed by atoms with Crippen LogP contribution in [0.3, 0.4) is 0 Å². The number of hydrogen-bond acceptors (Lipinski definition) is 10. The van der Waals surface area contributed by atoms with E-state index in [1.54, 1.807) is 0 Å². The molecule has 55 heavy (non-hydrogen) atoms. The summed E-state index contributed by atoms with van der Waals surface area (Å²) in [5.41, 5.74) is -1.78. The van der Waals surface area contributed by atoms with E-state index >= 15 is 0 Å². The Morgan fingerprint density at radius 2 is 1.11 bits per heavy atom. The van der Waals surface area contributed by atoms with E-state index in [2.05, 4.69) is 49.4 Å². The van der Waals surface area contributed by atoms with Gasteiger partial charge in [-0.1, -0.05) is 67.7 Å². The Hall–Kier alpha value is -2.25. The van der Waals surface area contributed by atoms with Crippen LogP contribution in [-0.2, 0) is 24.0 Å². The van der Waals surface area contributed by atoms with Crippen LogP contribution in [0.15, 0.2) is 0 Å². The average molecular weight is 780 g/mol. The minimum Gasteiger partial charge on any atom is -0.355 e. The maximum Gasteiger partial charge on any atom is 0.223 e. The Bertz CT molecular complexity index is 1130. The standard InChI is InChI=1S/C43H85N7O5/c1-14-17-19-34(16-3)40(54)43(6,7)32-36(41(55)46-22-24-50(13)28-26-48(10)11)29-38(52)42(4,5)31-35(37(51)33-44-20-18-15-2)30-39(53)45-21-23-49(12)27-25-47(8)9/h34-36,44H,14-33H2,1-13H3,(H,45,53)(H,46,55). The smallest absolute Gasteiger partial charge is 0.223 e. The van der Waals surface area contributed by atoms with E-state index in [1.807, 2.05) is 76.9 Å². The summed E-state index contributed by atoms with van der Waals surface area (Å²) >= 11 is 0. The first-order chi connectivity index (χ1) is 25.7. The second kappa shape index (κ2) is 28.2. The SMILES string of the molecule is CCCCNCC(=O)C(CC(=O)NCCN(C)CCN(C)C)CC(C)(C)C(=O)CC(CC(C)(C)C(=O)C(CC)CCCC)C(=O)NCCN(C)CCN(C)C. The molecule has 3 N–H and O–H groups in total. The van der Waals surface area contributed by atoms with Gasteiger partial charge in [-0.2, -0.15) is 0 Å². The maximum absolute atomic E-state index is 14.3. The third kappa shape index (κ3) is 23.5. The number of unbranched alkanes of at least 4 members (excludes halogenated alkanes) is 2. The summed E-state index contributed by atoms with van der Waals surface area (Å²) in [6.07, 6.45) is 5.89. The quantitative estimate of drug-likeness (QED) is 0.0810. The molecule has 0 spiro atoms. The zero-order valence-corrected chi connectivity index (χ0v) is 37.7. The van der Waals surface area contributed by atoms with Crippen LogP contribution in [0.2, 0.25) is 0 Å². The van der Waals surface area contributed by atoms with Crippen LogP contribution in [0.5, 0.6) is 0 Å². The van der Waals surface area contributed by atoms with Crippen molar-refractivity contribution in [3.05, 3.63) is 0 Å². The van der Waals surface area contributed by atoms with Crippen LogP contribution in [0.25, 0.3) is 0 Å². The van der Waals surface area contributed by atoms with Crippen LogP contribution in [0.4, 0.5) is 0 Å². The topological polar surface area (TPSA) is 134 Å². The Kier molecular flexibility index (Phi) is 27.0. The van der Waals surface area contributed by atoms with Gasteiger partial charge >= 0.3 is 0 Å². The van der Waals surface area contributed by atoms with E-state index in [-0.39, 0.29) is 67.3 Å². The molecule has 2 amide bonds. The molecule has 322 valence electrons. The lowest BCUT2D eigenvalue weighted by Gasteiger charge is -2.33. The van der Waals surface area contributed by atoms with Crippen LogP contribution in [0, 0.1) is 28.6 Å². The first kappa shape index (κ1) is 52.8. The normalized spacial score (nSPS) is 14.1. The number of Topliss-reactive ketones (excluding diaryl/α,β-unsaturated/α-hetero) is 3. The number of carbonyl (C=O) groups is 5. The summed E-state index contributed by atoms with van der Waals surface area (Å²) in [7, 11) is 12.1. The molecule has 0 saturated heterocycles. The highest BCUT2D eigenvalue weighted by Gasteiger charge is 2.41. The van der Waals surface area contributed by atoms with E-state index in [1.165, 1.54) is 0 Å². The van der Waals surface area contributed by atoms with Gasteiger partial charge in [0.2, 0.25) is 11.8 Å². The number of nitrogens with zero attached hydrogens (tertiary/aromatic N) is 4. The Balaban J connectivity index is 6.11. The van der Waals surface area contributed by atoms with Gasteiger partial charge in [0.15, 0.2) is 0 Å². The van der Waals surface area contributed by atoms with Crippen LogP contribution < -0.4 is 16.0 Å². The van der Waals surface area contributed by atoms with Crippen molar-refractivity contribution in [2.24, 2.45) is 28.6 Å². The molecule has 0 fully saturated rings. The van der Waals surface area contributed by atoms with Gasteiger partial charge < -0.3 is 35.6 Å². The second-order valence-electron chi connectivity index (χ2n) is 17.9. The summed E-state index contributed by atoms with van der Waals surface area (Å²) in [5, 5.41) is 9.28. The summed E-state index contributed by atoms with van der Waals surface area (Å²) < 4.78 is 0. The minimum absolute atomic E-state index is 0.00460. The molecule has 3 unspecified atom stereocenters. The van der Waals surface area contributed by atoms with E-state index in [9.17, 15) is 24.0 Å². The van der Waals surface area contributed by atoms with Crippen molar-refractivity contribution in [1.82, 2.24) is 35.6 Å². The summed E-state index contributed by atoms with van der Waals surface area (Å²) in [6.45, 7) is 20.3. The molecule has 0 aliphatic carbocycles. The minimum atomic E-state index is -0.984. The van der Waals surface area contributed by atoms with Crippen molar-refractivity contribution in [3.63, 3.8) is 0 Å².